The van der Waals surface area contributed by atoms with Crippen LogP contribution in [0.25, 0.3) is 5.69 Å². The van der Waals surface area contributed by atoms with Gasteiger partial charge >= 0.3 is 5.69 Å². The maximum atomic E-state index is 14.6. The number of aromatic nitrogens is 3. The van der Waals surface area contributed by atoms with Crippen LogP contribution in [0.2, 0.25) is 0 Å². The van der Waals surface area contributed by atoms with Crippen molar-refractivity contribution in [2.75, 3.05) is 14.2 Å². The molecule has 0 bridgehead atoms. The SMILES string of the molecule is COc1cccc(Cn2c(=O)c(C(=O)N(C)C3CCCCC3)nn(-c3ccccc3F)c2=O)c1. The number of carbonyl (C=O) groups excluding carboxylic acids is 1. The Morgan fingerprint density at radius 3 is 2.56 bits per heavy atom. The van der Waals surface area contributed by atoms with Crippen LogP contribution in [0, 0.1) is 5.82 Å². The van der Waals surface area contributed by atoms with E-state index in [0.29, 0.717) is 11.3 Å². The lowest BCUT2D eigenvalue weighted by Gasteiger charge is -2.30. The molecular formula is C25H27FN4O4. The fourth-order valence-corrected chi connectivity index (χ4v) is 4.32. The molecule has 1 saturated carbocycles. The van der Waals surface area contributed by atoms with Gasteiger partial charge in [-0.05, 0) is 42.7 Å². The number of halogens is 1. The van der Waals surface area contributed by atoms with E-state index in [1.807, 2.05) is 0 Å². The summed E-state index contributed by atoms with van der Waals surface area (Å²) < 4.78 is 21.5. The molecule has 0 aliphatic heterocycles. The zero-order valence-corrected chi connectivity index (χ0v) is 19.2. The largest absolute Gasteiger partial charge is 0.497 e. The summed E-state index contributed by atoms with van der Waals surface area (Å²) in [6, 6.07) is 12.5. The van der Waals surface area contributed by atoms with Gasteiger partial charge in [0.1, 0.15) is 17.3 Å². The lowest BCUT2D eigenvalue weighted by atomic mass is 9.94. The van der Waals surface area contributed by atoms with Crippen LogP contribution < -0.4 is 16.0 Å². The number of hydrogen-bond acceptors (Lipinski definition) is 5. The zero-order chi connectivity index (χ0) is 24.2. The van der Waals surface area contributed by atoms with Crippen molar-refractivity contribution in [3.63, 3.8) is 0 Å². The minimum absolute atomic E-state index is 0.0110. The summed E-state index contributed by atoms with van der Waals surface area (Å²) in [6.45, 7) is -0.126. The molecule has 2 aromatic carbocycles. The first-order chi connectivity index (χ1) is 16.4. The second-order valence-electron chi connectivity index (χ2n) is 8.45. The lowest BCUT2D eigenvalue weighted by Crippen LogP contribution is -2.48. The van der Waals surface area contributed by atoms with Gasteiger partial charge < -0.3 is 9.64 Å². The molecule has 0 radical (unpaired) electrons. The fourth-order valence-electron chi connectivity index (χ4n) is 4.32. The molecule has 0 saturated heterocycles. The Morgan fingerprint density at radius 1 is 1.12 bits per heavy atom. The number of rotatable bonds is 6. The van der Waals surface area contributed by atoms with Crippen LogP contribution in [0.4, 0.5) is 4.39 Å². The Hall–Kier alpha value is -3.75. The van der Waals surface area contributed by atoms with Crippen molar-refractivity contribution in [1.29, 1.82) is 0 Å². The van der Waals surface area contributed by atoms with Gasteiger partial charge in [0.25, 0.3) is 11.5 Å². The van der Waals surface area contributed by atoms with Gasteiger partial charge in [-0.2, -0.15) is 9.78 Å². The molecule has 8 nitrogen and oxygen atoms in total. The highest BCUT2D eigenvalue weighted by molar-refractivity contribution is 5.91. The van der Waals surface area contributed by atoms with E-state index < -0.39 is 28.7 Å². The summed E-state index contributed by atoms with van der Waals surface area (Å²) in [5.74, 6) is -0.716. The summed E-state index contributed by atoms with van der Waals surface area (Å²) in [6.07, 6.45) is 4.80. The van der Waals surface area contributed by atoms with E-state index in [2.05, 4.69) is 5.10 Å². The highest BCUT2D eigenvalue weighted by Crippen LogP contribution is 2.22. The molecule has 0 spiro atoms. The van der Waals surface area contributed by atoms with Gasteiger partial charge in [-0.1, -0.05) is 43.5 Å². The van der Waals surface area contributed by atoms with Crippen molar-refractivity contribution >= 4 is 5.91 Å². The third kappa shape index (κ3) is 4.64. The molecule has 178 valence electrons. The quantitative estimate of drug-likeness (QED) is 0.558. The Morgan fingerprint density at radius 2 is 1.85 bits per heavy atom. The Balaban J connectivity index is 1.85. The number of benzene rings is 2. The molecule has 0 atom stereocenters. The average molecular weight is 467 g/mol. The molecule has 1 heterocycles. The van der Waals surface area contributed by atoms with E-state index in [-0.39, 0.29) is 18.3 Å². The third-order valence-electron chi connectivity index (χ3n) is 6.26. The summed E-state index contributed by atoms with van der Waals surface area (Å²) in [5, 5.41) is 4.07. The van der Waals surface area contributed by atoms with E-state index >= 15 is 0 Å². The minimum atomic E-state index is -0.838. The Bertz CT molecular complexity index is 1310. The number of amides is 1. The standard InChI is InChI=1S/C25H27FN4O4/c1-28(18-10-4-3-5-11-18)23(31)22-24(32)29(16-17-9-8-12-19(15-17)34-2)25(33)30(27-22)21-14-7-6-13-20(21)26/h6-9,12-15,18H,3-5,10-11,16H2,1-2H3. The molecule has 1 aliphatic rings. The van der Waals surface area contributed by atoms with Gasteiger partial charge in [0, 0.05) is 13.1 Å². The molecule has 1 aromatic heterocycles. The molecular weight excluding hydrogens is 439 g/mol. The van der Waals surface area contributed by atoms with Crippen LogP contribution in [0.3, 0.4) is 0 Å². The first kappa shape index (κ1) is 23.4. The van der Waals surface area contributed by atoms with Gasteiger partial charge in [0.2, 0.25) is 5.69 Å². The van der Waals surface area contributed by atoms with Crippen molar-refractivity contribution in [2.45, 2.75) is 44.7 Å². The maximum Gasteiger partial charge on any atom is 0.352 e. The highest BCUT2D eigenvalue weighted by Gasteiger charge is 2.28. The third-order valence-corrected chi connectivity index (χ3v) is 6.26. The topological polar surface area (TPSA) is 86.4 Å². The second kappa shape index (κ2) is 10.0. The summed E-state index contributed by atoms with van der Waals surface area (Å²) in [4.78, 5) is 41.5. The van der Waals surface area contributed by atoms with Gasteiger partial charge in [0.15, 0.2) is 0 Å². The predicted molar refractivity (Wildman–Crippen MR) is 125 cm³/mol. The van der Waals surface area contributed by atoms with Crippen LogP contribution in [-0.2, 0) is 6.54 Å². The molecule has 1 aliphatic carbocycles. The lowest BCUT2D eigenvalue weighted by molar-refractivity contribution is 0.0684. The number of carbonyl (C=O) groups is 1. The van der Waals surface area contributed by atoms with Crippen LogP contribution in [0.5, 0.6) is 5.75 Å². The van der Waals surface area contributed by atoms with Crippen molar-refractivity contribution in [2.24, 2.45) is 0 Å². The van der Waals surface area contributed by atoms with Crippen molar-refractivity contribution < 1.29 is 13.9 Å². The molecule has 3 aromatic rings. The smallest absolute Gasteiger partial charge is 0.352 e. The summed E-state index contributed by atoms with van der Waals surface area (Å²) >= 11 is 0. The maximum absolute atomic E-state index is 14.6. The first-order valence-electron chi connectivity index (χ1n) is 11.3. The van der Waals surface area contributed by atoms with E-state index in [9.17, 15) is 18.8 Å². The van der Waals surface area contributed by atoms with E-state index in [1.165, 1.54) is 30.2 Å². The molecule has 9 heteroatoms. The molecule has 1 fully saturated rings. The van der Waals surface area contributed by atoms with Crippen LogP contribution in [0.15, 0.2) is 58.1 Å². The van der Waals surface area contributed by atoms with E-state index in [1.54, 1.807) is 37.4 Å². The number of ether oxygens (including phenoxy) is 1. The number of hydrogen-bond donors (Lipinski definition) is 0. The molecule has 4 rings (SSSR count). The number of para-hydroxylation sites is 1. The number of nitrogens with zero attached hydrogens (tertiary/aromatic N) is 4. The van der Waals surface area contributed by atoms with Gasteiger partial charge in [-0.15, -0.1) is 0 Å². The van der Waals surface area contributed by atoms with Gasteiger partial charge in [-0.3, -0.25) is 14.2 Å². The highest BCUT2D eigenvalue weighted by atomic mass is 19.1. The molecule has 0 N–H and O–H groups in total. The normalized spacial score (nSPS) is 14.1. The van der Waals surface area contributed by atoms with Gasteiger partial charge in [-0.25, -0.2) is 9.18 Å². The van der Waals surface area contributed by atoms with Crippen LogP contribution >= 0.6 is 0 Å². The average Bonchev–Trinajstić information content (AvgIpc) is 2.87. The van der Waals surface area contributed by atoms with Crippen molar-refractivity contribution in [3.8, 4) is 11.4 Å². The minimum Gasteiger partial charge on any atom is -0.497 e. The Labute approximate surface area is 196 Å². The summed E-state index contributed by atoms with van der Waals surface area (Å²) in [7, 11) is 3.16. The zero-order valence-electron chi connectivity index (χ0n) is 19.2. The molecule has 34 heavy (non-hydrogen) atoms. The molecule has 1 amide bonds. The van der Waals surface area contributed by atoms with Crippen molar-refractivity contribution in [1.82, 2.24) is 19.2 Å². The fraction of sp³-hybridized carbons (Fsp3) is 0.360. The van der Waals surface area contributed by atoms with E-state index in [0.717, 1.165) is 41.4 Å². The van der Waals surface area contributed by atoms with Crippen LogP contribution in [-0.4, -0.2) is 45.4 Å². The second-order valence-corrected chi connectivity index (χ2v) is 8.45. The summed E-state index contributed by atoms with van der Waals surface area (Å²) in [5.41, 5.74) is -1.59. The van der Waals surface area contributed by atoms with Gasteiger partial charge in [0.05, 0.1) is 13.7 Å². The monoisotopic (exact) mass is 466 g/mol. The molecule has 0 unspecified atom stereocenters. The first-order valence-corrected chi connectivity index (χ1v) is 11.3. The number of methoxy groups -OCH3 is 1. The van der Waals surface area contributed by atoms with E-state index in [4.69, 9.17) is 4.74 Å². The van der Waals surface area contributed by atoms with Crippen molar-refractivity contribution in [3.05, 3.63) is 86.4 Å². The predicted octanol–water partition coefficient (Wildman–Crippen LogP) is 2.99. The van der Waals surface area contributed by atoms with Crippen LogP contribution in [0.1, 0.15) is 48.2 Å². The Kier molecular flexibility index (Phi) is 6.90.